The molecule has 1 rings (SSSR count). The van der Waals surface area contributed by atoms with Crippen molar-refractivity contribution in [3.8, 4) is 0 Å². The first-order valence-corrected chi connectivity index (χ1v) is 4.42. The van der Waals surface area contributed by atoms with Crippen LogP contribution in [-0.4, -0.2) is 0 Å². The van der Waals surface area contributed by atoms with Crippen LogP contribution < -0.4 is 0 Å². The van der Waals surface area contributed by atoms with Gasteiger partial charge >= 0.3 is 0 Å². The summed E-state index contributed by atoms with van der Waals surface area (Å²) in [4.78, 5) is 21.1. The van der Waals surface area contributed by atoms with Gasteiger partial charge in [-0.3, -0.25) is 0 Å². The first-order chi connectivity index (χ1) is 6.61. The van der Waals surface area contributed by atoms with Crippen LogP contribution in [0.15, 0.2) is 22.5 Å². The minimum Gasteiger partial charge on any atom is -0.145 e. The molecule has 0 aliphatic heterocycles. The van der Waals surface area contributed by atoms with Crippen LogP contribution in [0, 0.1) is 16.7 Å². The van der Waals surface area contributed by atoms with Crippen LogP contribution in [0.25, 0.3) is 0 Å². The summed E-state index contributed by atoms with van der Waals surface area (Å²) >= 11 is 0. The molecule has 0 saturated carbocycles. The zero-order chi connectivity index (χ0) is 10.7. The summed E-state index contributed by atoms with van der Waals surface area (Å²) < 4.78 is 0. The van der Waals surface area contributed by atoms with Crippen molar-refractivity contribution >= 4 is 11.4 Å². The van der Waals surface area contributed by atoms with E-state index in [9.17, 15) is 9.81 Å². The first kappa shape index (κ1) is 10.5. The van der Waals surface area contributed by atoms with Crippen LogP contribution in [0.3, 0.4) is 0 Å². The van der Waals surface area contributed by atoms with E-state index in [0.717, 1.165) is 5.56 Å². The van der Waals surface area contributed by atoms with Gasteiger partial charge in [-0.25, -0.2) is 0 Å². The molecule has 0 N–H and O–H groups in total. The van der Waals surface area contributed by atoms with Gasteiger partial charge in [0.05, 0.1) is 0 Å². The number of nitroso groups, excluding NO2 is 2. The van der Waals surface area contributed by atoms with Crippen molar-refractivity contribution in [1.29, 1.82) is 0 Å². The number of nitrogens with zero attached hydrogens (tertiary/aromatic N) is 2. The van der Waals surface area contributed by atoms with Gasteiger partial charge in [0, 0.05) is 0 Å². The second-order valence-electron chi connectivity index (χ2n) is 3.51. The first-order valence-electron chi connectivity index (χ1n) is 4.42. The van der Waals surface area contributed by atoms with Gasteiger partial charge in [0.2, 0.25) is 0 Å². The fraction of sp³-hybridized carbons (Fsp3) is 0.400. The van der Waals surface area contributed by atoms with E-state index in [-0.39, 0.29) is 17.3 Å². The van der Waals surface area contributed by atoms with Crippen molar-refractivity contribution in [3.63, 3.8) is 0 Å². The minimum absolute atomic E-state index is 0.156. The molecule has 0 amide bonds. The highest BCUT2D eigenvalue weighted by Gasteiger charge is 2.14. The Morgan fingerprint density at radius 3 is 2.07 bits per heavy atom. The lowest BCUT2D eigenvalue weighted by Crippen LogP contribution is -1.89. The van der Waals surface area contributed by atoms with Crippen LogP contribution in [0.4, 0.5) is 11.4 Å². The maximum Gasteiger partial charge on any atom is 0.140 e. The van der Waals surface area contributed by atoms with E-state index in [4.69, 9.17) is 0 Å². The lowest BCUT2D eigenvalue weighted by molar-refractivity contribution is 0.866. The summed E-state index contributed by atoms with van der Waals surface area (Å²) in [6, 6.07) is 3.59. The summed E-state index contributed by atoms with van der Waals surface area (Å²) in [7, 11) is 0. The zero-order valence-corrected chi connectivity index (χ0v) is 8.44. The molecule has 74 valence electrons. The molecule has 14 heavy (non-hydrogen) atoms. The molecule has 4 heteroatoms. The third-order valence-electron chi connectivity index (χ3n) is 2.19. The highest BCUT2D eigenvalue weighted by molar-refractivity contribution is 5.70. The Kier molecular flexibility index (Phi) is 3.06. The van der Waals surface area contributed by atoms with Crippen molar-refractivity contribution in [2.24, 2.45) is 10.4 Å². The summed E-state index contributed by atoms with van der Waals surface area (Å²) in [5.74, 6) is 0.156. The summed E-state index contributed by atoms with van der Waals surface area (Å²) in [5, 5.41) is 5.72. The van der Waals surface area contributed by atoms with E-state index < -0.39 is 0 Å². The third-order valence-corrected chi connectivity index (χ3v) is 2.19. The zero-order valence-electron chi connectivity index (χ0n) is 8.44. The second kappa shape index (κ2) is 4.09. The third kappa shape index (κ3) is 1.69. The predicted molar refractivity (Wildman–Crippen MR) is 56.2 cm³/mol. The maximum atomic E-state index is 10.6. The fourth-order valence-corrected chi connectivity index (χ4v) is 1.37. The molecule has 0 radical (unpaired) electrons. The predicted octanol–water partition coefficient (Wildman–Crippen LogP) is 3.91. The number of aryl methyl sites for hydroxylation is 1. The van der Waals surface area contributed by atoms with Crippen molar-refractivity contribution in [2.75, 3.05) is 0 Å². The summed E-state index contributed by atoms with van der Waals surface area (Å²) in [5.41, 5.74) is 1.78. The topological polar surface area (TPSA) is 58.9 Å². The Morgan fingerprint density at radius 2 is 1.64 bits per heavy atom. The van der Waals surface area contributed by atoms with Gasteiger partial charge in [-0.1, -0.05) is 26.0 Å². The molecule has 4 nitrogen and oxygen atoms in total. The average Bonchev–Trinajstić information content (AvgIpc) is 2.16. The van der Waals surface area contributed by atoms with E-state index in [2.05, 4.69) is 10.4 Å². The molecule has 0 fully saturated rings. The van der Waals surface area contributed by atoms with Crippen molar-refractivity contribution in [1.82, 2.24) is 0 Å². The average molecular weight is 192 g/mol. The van der Waals surface area contributed by atoms with E-state index in [1.165, 1.54) is 0 Å². The number of rotatable bonds is 3. The molecular formula is C10H12N2O2. The molecule has 0 unspecified atom stereocenters. The minimum atomic E-state index is 0.156. The molecule has 0 atom stereocenters. The van der Waals surface area contributed by atoms with Gasteiger partial charge in [-0.15, -0.1) is 9.81 Å². The smallest absolute Gasteiger partial charge is 0.140 e. The number of benzene rings is 1. The second-order valence-corrected chi connectivity index (χ2v) is 3.51. The SMILES string of the molecule is Cc1ccc(C(C)C)c(N=O)c1N=O. The Hall–Kier alpha value is -1.58. The van der Waals surface area contributed by atoms with Gasteiger partial charge < -0.3 is 0 Å². The van der Waals surface area contributed by atoms with Gasteiger partial charge in [0.15, 0.2) is 0 Å². The molecule has 0 saturated heterocycles. The highest BCUT2D eigenvalue weighted by Crippen LogP contribution is 2.38. The molecule has 1 aromatic rings. The molecule has 0 spiro atoms. The van der Waals surface area contributed by atoms with E-state index >= 15 is 0 Å². The van der Waals surface area contributed by atoms with Crippen LogP contribution in [-0.2, 0) is 0 Å². The quantitative estimate of drug-likeness (QED) is 0.681. The van der Waals surface area contributed by atoms with Crippen molar-refractivity contribution < 1.29 is 0 Å². The Bertz CT molecular complexity index is 373. The molecule has 1 aromatic carbocycles. The summed E-state index contributed by atoms with van der Waals surface area (Å²) in [6.07, 6.45) is 0. The summed E-state index contributed by atoms with van der Waals surface area (Å²) in [6.45, 7) is 5.61. The van der Waals surface area contributed by atoms with Crippen LogP contribution in [0.5, 0.6) is 0 Å². The van der Waals surface area contributed by atoms with E-state index in [0.29, 0.717) is 5.56 Å². The number of hydrogen-bond acceptors (Lipinski definition) is 4. The van der Waals surface area contributed by atoms with Crippen molar-refractivity contribution in [3.05, 3.63) is 33.1 Å². The van der Waals surface area contributed by atoms with Gasteiger partial charge in [0.25, 0.3) is 0 Å². The van der Waals surface area contributed by atoms with Gasteiger partial charge in [-0.2, -0.15) is 0 Å². The van der Waals surface area contributed by atoms with E-state index in [1.54, 1.807) is 13.0 Å². The largest absolute Gasteiger partial charge is 0.145 e. The normalized spacial score (nSPS) is 10.3. The molecule has 0 aliphatic carbocycles. The Labute approximate surface area is 82.3 Å². The van der Waals surface area contributed by atoms with Crippen molar-refractivity contribution in [2.45, 2.75) is 26.7 Å². The monoisotopic (exact) mass is 192 g/mol. The lowest BCUT2D eigenvalue weighted by Gasteiger charge is -2.09. The highest BCUT2D eigenvalue weighted by atomic mass is 16.3. The number of hydrogen-bond donors (Lipinski definition) is 0. The molecule has 0 heterocycles. The Morgan fingerprint density at radius 1 is 1.07 bits per heavy atom. The Balaban J connectivity index is 3.48. The fourth-order valence-electron chi connectivity index (χ4n) is 1.37. The molecule has 0 aromatic heterocycles. The standard InChI is InChI=1S/C10H12N2O2/c1-6(2)8-5-4-7(3)9(11-13)10(8)12-14/h4-6H,1-3H3. The van der Waals surface area contributed by atoms with Crippen LogP contribution in [0.1, 0.15) is 30.9 Å². The van der Waals surface area contributed by atoms with E-state index in [1.807, 2.05) is 19.9 Å². The maximum absolute atomic E-state index is 10.6. The van der Waals surface area contributed by atoms with Gasteiger partial charge in [-0.05, 0) is 34.3 Å². The van der Waals surface area contributed by atoms with Crippen LogP contribution >= 0.6 is 0 Å². The van der Waals surface area contributed by atoms with Crippen LogP contribution in [0.2, 0.25) is 0 Å². The van der Waals surface area contributed by atoms with Gasteiger partial charge in [0.1, 0.15) is 11.4 Å². The molecule has 0 bridgehead atoms. The molecule has 0 aliphatic rings. The molecular weight excluding hydrogens is 180 g/mol. The lowest BCUT2D eigenvalue weighted by atomic mass is 9.98.